The third kappa shape index (κ3) is 5.34. The van der Waals surface area contributed by atoms with E-state index in [2.05, 4.69) is 26.1 Å². The van der Waals surface area contributed by atoms with Crippen molar-refractivity contribution in [2.45, 2.75) is 65.7 Å². The third-order valence-corrected chi connectivity index (χ3v) is 3.92. The van der Waals surface area contributed by atoms with Crippen LogP contribution in [0.25, 0.3) is 0 Å². The highest BCUT2D eigenvalue weighted by molar-refractivity contribution is 4.76. The zero-order valence-corrected chi connectivity index (χ0v) is 11.6. The van der Waals surface area contributed by atoms with Crippen LogP contribution < -0.4 is 5.32 Å². The Labute approximate surface area is 102 Å². The van der Waals surface area contributed by atoms with E-state index in [1.807, 2.05) is 0 Å². The molecule has 1 aliphatic carbocycles. The van der Waals surface area contributed by atoms with Crippen LogP contribution in [-0.4, -0.2) is 13.1 Å². The minimum absolute atomic E-state index is 0.857. The molecule has 0 spiro atoms. The van der Waals surface area contributed by atoms with Gasteiger partial charge in [0, 0.05) is 0 Å². The van der Waals surface area contributed by atoms with Crippen molar-refractivity contribution in [2.24, 2.45) is 17.8 Å². The van der Waals surface area contributed by atoms with Gasteiger partial charge in [-0.05, 0) is 43.7 Å². The normalized spacial score (nSPS) is 20.2. The van der Waals surface area contributed by atoms with Gasteiger partial charge >= 0.3 is 0 Å². The summed E-state index contributed by atoms with van der Waals surface area (Å²) in [6.45, 7) is 9.45. The zero-order chi connectivity index (χ0) is 11.8. The van der Waals surface area contributed by atoms with Crippen LogP contribution >= 0.6 is 0 Å². The fourth-order valence-corrected chi connectivity index (χ4v) is 3.12. The highest BCUT2D eigenvalue weighted by atomic mass is 14.9. The SMILES string of the molecule is CCCNCC(CC(C)C)C1CCCCC1. The van der Waals surface area contributed by atoms with Crippen molar-refractivity contribution in [2.75, 3.05) is 13.1 Å². The molecule has 0 radical (unpaired) electrons. The van der Waals surface area contributed by atoms with E-state index in [1.54, 1.807) is 0 Å². The molecule has 1 saturated carbocycles. The van der Waals surface area contributed by atoms with E-state index in [9.17, 15) is 0 Å². The maximum Gasteiger partial charge on any atom is -0.00178 e. The molecule has 0 saturated heterocycles. The largest absolute Gasteiger partial charge is 0.316 e. The Morgan fingerprint density at radius 2 is 1.81 bits per heavy atom. The minimum Gasteiger partial charge on any atom is -0.316 e. The van der Waals surface area contributed by atoms with E-state index < -0.39 is 0 Å². The molecule has 0 amide bonds. The molecule has 1 nitrogen and oxygen atoms in total. The molecular weight excluding hydrogens is 194 g/mol. The van der Waals surface area contributed by atoms with Gasteiger partial charge in [-0.15, -0.1) is 0 Å². The number of nitrogens with one attached hydrogen (secondary N) is 1. The van der Waals surface area contributed by atoms with Gasteiger partial charge in [-0.3, -0.25) is 0 Å². The molecule has 0 bridgehead atoms. The van der Waals surface area contributed by atoms with E-state index in [-0.39, 0.29) is 0 Å². The van der Waals surface area contributed by atoms with Gasteiger partial charge in [-0.25, -0.2) is 0 Å². The van der Waals surface area contributed by atoms with Crippen molar-refractivity contribution in [3.05, 3.63) is 0 Å². The fourth-order valence-electron chi connectivity index (χ4n) is 3.12. The summed E-state index contributed by atoms with van der Waals surface area (Å²) in [5.41, 5.74) is 0. The molecule has 1 unspecified atom stereocenters. The summed E-state index contributed by atoms with van der Waals surface area (Å²) in [4.78, 5) is 0. The van der Waals surface area contributed by atoms with Gasteiger partial charge in [-0.1, -0.05) is 52.9 Å². The summed E-state index contributed by atoms with van der Waals surface area (Å²) in [5, 5.41) is 3.64. The molecule has 0 aromatic rings. The van der Waals surface area contributed by atoms with E-state index >= 15 is 0 Å². The standard InChI is InChI=1S/C15H31N/c1-4-10-16-12-15(11-13(2)3)14-8-6-5-7-9-14/h13-16H,4-12H2,1-3H3. The number of hydrogen-bond donors (Lipinski definition) is 1. The summed E-state index contributed by atoms with van der Waals surface area (Å²) < 4.78 is 0. The van der Waals surface area contributed by atoms with Crippen LogP contribution in [0.5, 0.6) is 0 Å². The van der Waals surface area contributed by atoms with Crippen molar-refractivity contribution in [1.29, 1.82) is 0 Å². The zero-order valence-electron chi connectivity index (χ0n) is 11.6. The summed E-state index contributed by atoms with van der Waals surface area (Å²) in [7, 11) is 0. The van der Waals surface area contributed by atoms with E-state index in [0.717, 1.165) is 17.8 Å². The molecule has 1 rings (SSSR count). The van der Waals surface area contributed by atoms with Gasteiger partial charge in [0.05, 0.1) is 0 Å². The van der Waals surface area contributed by atoms with Gasteiger partial charge in [0.1, 0.15) is 0 Å². The van der Waals surface area contributed by atoms with Crippen molar-refractivity contribution < 1.29 is 0 Å². The first kappa shape index (κ1) is 14.0. The molecule has 1 N–H and O–H groups in total. The first-order valence-corrected chi connectivity index (χ1v) is 7.44. The second-order valence-electron chi connectivity index (χ2n) is 5.99. The first-order chi connectivity index (χ1) is 7.74. The summed E-state index contributed by atoms with van der Waals surface area (Å²) >= 11 is 0. The Hall–Kier alpha value is -0.0400. The van der Waals surface area contributed by atoms with Gasteiger partial charge in [0.15, 0.2) is 0 Å². The molecule has 0 aromatic carbocycles. The van der Waals surface area contributed by atoms with E-state index in [4.69, 9.17) is 0 Å². The van der Waals surface area contributed by atoms with Crippen LogP contribution in [-0.2, 0) is 0 Å². The van der Waals surface area contributed by atoms with Gasteiger partial charge in [0.25, 0.3) is 0 Å². The van der Waals surface area contributed by atoms with E-state index in [1.165, 1.54) is 58.0 Å². The topological polar surface area (TPSA) is 12.0 Å². The Morgan fingerprint density at radius 1 is 1.12 bits per heavy atom. The monoisotopic (exact) mass is 225 g/mol. The van der Waals surface area contributed by atoms with Crippen LogP contribution in [0, 0.1) is 17.8 Å². The first-order valence-electron chi connectivity index (χ1n) is 7.44. The lowest BCUT2D eigenvalue weighted by Crippen LogP contribution is -2.31. The summed E-state index contributed by atoms with van der Waals surface area (Å²) in [6, 6.07) is 0. The predicted molar refractivity (Wildman–Crippen MR) is 72.7 cm³/mol. The Morgan fingerprint density at radius 3 is 2.38 bits per heavy atom. The predicted octanol–water partition coefficient (Wildman–Crippen LogP) is 4.23. The number of hydrogen-bond acceptors (Lipinski definition) is 1. The fraction of sp³-hybridized carbons (Fsp3) is 1.00. The summed E-state index contributed by atoms with van der Waals surface area (Å²) in [5.74, 6) is 2.81. The van der Waals surface area contributed by atoms with Crippen LogP contribution in [0.4, 0.5) is 0 Å². The smallest absolute Gasteiger partial charge is 0.00178 e. The Balaban J connectivity index is 2.34. The highest BCUT2D eigenvalue weighted by Gasteiger charge is 2.23. The van der Waals surface area contributed by atoms with Gasteiger partial charge in [0.2, 0.25) is 0 Å². The van der Waals surface area contributed by atoms with Crippen molar-refractivity contribution in [3.8, 4) is 0 Å². The van der Waals surface area contributed by atoms with Crippen molar-refractivity contribution in [1.82, 2.24) is 5.32 Å². The lowest BCUT2D eigenvalue weighted by Gasteiger charge is -2.31. The average Bonchev–Trinajstić information content (AvgIpc) is 2.29. The van der Waals surface area contributed by atoms with Gasteiger partial charge < -0.3 is 5.32 Å². The number of rotatable bonds is 7. The lowest BCUT2D eigenvalue weighted by atomic mass is 9.76. The van der Waals surface area contributed by atoms with Crippen molar-refractivity contribution in [3.63, 3.8) is 0 Å². The molecular formula is C15H31N. The third-order valence-electron chi connectivity index (χ3n) is 3.92. The molecule has 1 fully saturated rings. The van der Waals surface area contributed by atoms with Gasteiger partial charge in [-0.2, -0.15) is 0 Å². The maximum absolute atomic E-state index is 3.64. The van der Waals surface area contributed by atoms with Crippen LogP contribution in [0.3, 0.4) is 0 Å². The van der Waals surface area contributed by atoms with Crippen LogP contribution in [0.2, 0.25) is 0 Å². The second kappa shape index (κ2) is 8.11. The second-order valence-corrected chi connectivity index (χ2v) is 5.99. The Kier molecular flexibility index (Phi) is 7.11. The Bertz CT molecular complexity index is 159. The molecule has 96 valence electrons. The summed E-state index contributed by atoms with van der Waals surface area (Å²) in [6.07, 6.45) is 10.1. The molecule has 1 heteroatoms. The quantitative estimate of drug-likeness (QED) is 0.639. The van der Waals surface area contributed by atoms with Crippen LogP contribution in [0.15, 0.2) is 0 Å². The maximum atomic E-state index is 3.64. The molecule has 1 atom stereocenters. The minimum atomic E-state index is 0.857. The van der Waals surface area contributed by atoms with Crippen LogP contribution in [0.1, 0.15) is 65.7 Å². The molecule has 0 aromatic heterocycles. The lowest BCUT2D eigenvalue weighted by molar-refractivity contribution is 0.212. The average molecular weight is 225 g/mol. The van der Waals surface area contributed by atoms with Crippen molar-refractivity contribution >= 4 is 0 Å². The molecule has 1 aliphatic rings. The van der Waals surface area contributed by atoms with E-state index in [0.29, 0.717) is 0 Å². The molecule has 0 aliphatic heterocycles. The highest BCUT2D eigenvalue weighted by Crippen LogP contribution is 2.33. The molecule has 16 heavy (non-hydrogen) atoms. The molecule has 0 heterocycles.